The topological polar surface area (TPSA) is 93.2 Å². The number of fused-ring (bicyclic) bond motifs is 1. The molecule has 1 fully saturated rings. The fraction of sp³-hybridized carbons (Fsp3) is 0.227. The molecular formula is C22H19FN4O2S. The summed E-state index contributed by atoms with van der Waals surface area (Å²) in [7, 11) is 0. The Morgan fingerprint density at radius 2 is 2.10 bits per heavy atom. The molecule has 0 aliphatic heterocycles. The van der Waals surface area contributed by atoms with E-state index in [0.717, 1.165) is 34.5 Å². The van der Waals surface area contributed by atoms with Crippen molar-refractivity contribution in [2.75, 3.05) is 0 Å². The van der Waals surface area contributed by atoms with E-state index in [-0.39, 0.29) is 18.0 Å². The molecule has 5 rings (SSSR count). The number of pyridine rings is 2. The molecular weight excluding hydrogens is 403 g/mol. The largest absolute Gasteiger partial charge is 0.333 e. The summed E-state index contributed by atoms with van der Waals surface area (Å²) in [6, 6.07) is 5.66. The summed E-state index contributed by atoms with van der Waals surface area (Å²) in [6.45, 7) is 2.04. The quantitative estimate of drug-likeness (QED) is 0.526. The minimum absolute atomic E-state index is 0.103. The standard InChI is InChI=1S/C22H19FN4O2S/c1-11-17(20-14(6-8-30-20)13-3-2-7-25-16(13)9-24)15(23)10-27-19(11)18(12-4-5-12)21(28)26-22(27)29/h2-3,6-8,10,12H,4-5,9,24H2,1H3,(H,26,28,29). The number of H-pyrrole nitrogens is 1. The van der Waals surface area contributed by atoms with Gasteiger partial charge in [0.1, 0.15) is 5.82 Å². The molecule has 0 bridgehead atoms. The van der Waals surface area contributed by atoms with Crippen molar-refractivity contribution in [3.05, 3.63) is 79.4 Å². The molecule has 1 aliphatic carbocycles. The highest BCUT2D eigenvalue weighted by Gasteiger charge is 2.31. The number of nitrogens with zero attached hydrogens (tertiary/aromatic N) is 2. The predicted octanol–water partition coefficient (Wildman–Crippen LogP) is 3.56. The molecule has 1 aliphatic rings. The van der Waals surface area contributed by atoms with Gasteiger partial charge < -0.3 is 5.73 Å². The second-order valence-electron chi connectivity index (χ2n) is 7.51. The van der Waals surface area contributed by atoms with E-state index >= 15 is 4.39 Å². The molecule has 152 valence electrons. The number of aryl methyl sites for hydroxylation is 1. The van der Waals surface area contributed by atoms with E-state index < -0.39 is 11.5 Å². The SMILES string of the molecule is Cc1c(-c2sccc2-c2cccnc2CN)c(F)cn2c(=O)[nH]c(=O)c(C3CC3)c12. The molecule has 0 aromatic carbocycles. The molecule has 4 heterocycles. The monoisotopic (exact) mass is 422 g/mol. The van der Waals surface area contributed by atoms with Crippen molar-refractivity contribution in [3.63, 3.8) is 0 Å². The number of hydrogen-bond donors (Lipinski definition) is 2. The van der Waals surface area contributed by atoms with Gasteiger partial charge in [0.15, 0.2) is 0 Å². The van der Waals surface area contributed by atoms with E-state index in [1.165, 1.54) is 21.9 Å². The zero-order valence-corrected chi connectivity index (χ0v) is 17.1. The van der Waals surface area contributed by atoms with Crippen molar-refractivity contribution in [1.29, 1.82) is 0 Å². The number of nitrogens with one attached hydrogen (secondary N) is 1. The summed E-state index contributed by atoms with van der Waals surface area (Å²) in [6.07, 6.45) is 4.64. The lowest BCUT2D eigenvalue weighted by Gasteiger charge is -2.15. The third-order valence-electron chi connectivity index (χ3n) is 5.64. The van der Waals surface area contributed by atoms with Crippen LogP contribution in [0.4, 0.5) is 4.39 Å². The zero-order chi connectivity index (χ0) is 21.0. The Bertz CT molecular complexity index is 1420. The van der Waals surface area contributed by atoms with Crippen molar-refractivity contribution in [2.45, 2.75) is 32.2 Å². The van der Waals surface area contributed by atoms with Crippen LogP contribution in [0.1, 0.15) is 35.6 Å². The molecule has 1 saturated carbocycles. The first-order valence-electron chi connectivity index (χ1n) is 9.71. The summed E-state index contributed by atoms with van der Waals surface area (Å²) in [5, 5.41) is 1.90. The Labute approximate surface area is 174 Å². The predicted molar refractivity (Wildman–Crippen MR) is 115 cm³/mol. The van der Waals surface area contributed by atoms with Gasteiger partial charge in [0.2, 0.25) is 0 Å². The van der Waals surface area contributed by atoms with Crippen LogP contribution in [0.5, 0.6) is 0 Å². The highest BCUT2D eigenvalue weighted by molar-refractivity contribution is 7.14. The van der Waals surface area contributed by atoms with Crippen LogP contribution >= 0.6 is 11.3 Å². The zero-order valence-electron chi connectivity index (χ0n) is 16.2. The van der Waals surface area contributed by atoms with Crippen LogP contribution in [0, 0.1) is 12.7 Å². The van der Waals surface area contributed by atoms with Crippen LogP contribution in [-0.4, -0.2) is 14.4 Å². The minimum Gasteiger partial charge on any atom is -0.325 e. The number of hydrogen-bond acceptors (Lipinski definition) is 5. The second-order valence-corrected chi connectivity index (χ2v) is 8.42. The van der Waals surface area contributed by atoms with Crippen molar-refractivity contribution < 1.29 is 4.39 Å². The average Bonchev–Trinajstić information content (AvgIpc) is 3.46. The first kappa shape index (κ1) is 18.9. The summed E-state index contributed by atoms with van der Waals surface area (Å²) in [4.78, 5) is 32.4. The maximum Gasteiger partial charge on any atom is 0.333 e. The van der Waals surface area contributed by atoms with Gasteiger partial charge in [0, 0.05) is 39.9 Å². The molecule has 4 aromatic rings. The van der Waals surface area contributed by atoms with E-state index in [4.69, 9.17) is 5.73 Å². The van der Waals surface area contributed by atoms with Gasteiger partial charge in [-0.05, 0) is 48.8 Å². The van der Waals surface area contributed by atoms with Gasteiger partial charge in [-0.1, -0.05) is 6.07 Å². The molecule has 4 aromatic heterocycles. The van der Waals surface area contributed by atoms with Gasteiger partial charge in [0.25, 0.3) is 5.56 Å². The lowest BCUT2D eigenvalue weighted by Crippen LogP contribution is -2.29. The van der Waals surface area contributed by atoms with Gasteiger partial charge in [-0.15, -0.1) is 11.3 Å². The number of halogens is 1. The van der Waals surface area contributed by atoms with Crippen LogP contribution in [0.2, 0.25) is 0 Å². The summed E-state index contributed by atoms with van der Waals surface area (Å²) >= 11 is 1.41. The van der Waals surface area contributed by atoms with Gasteiger partial charge in [-0.3, -0.25) is 19.2 Å². The normalized spacial score (nSPS) is 13.8. The summed E-state index contributed by atoms with van der Waals surface area (Å²) in [5.74, 6) is -0.413. The van der Waals surface area contributed by atoms with Gasteiger partial charge in [-0.25, -0.2) is 9.18 Å². The van der Waals surface area contributed by atoms with Gasteiger partial charge in [0.05, 0.1) is 17.4 Å². The third-order valence-corrected chi connectivity index (χ3v) is 6.57. The van der Waals surface area contributed by atoms with Crippen molar-refractivity contribution >= 4 is 16.9 Å². The van der Waals surface area contributed by atoms with Crippen molar-refractivity contribution in [2.24, 2.45) is 5.73 Å². The summed E-state index contributed by atoms with van der Waals surface area (Å²) < 4.78 is 16.6. The van der Waals surface area contributed by atoms with E-state index in [1.54, 1.807) is 13.1 Å². The first-order chi connectivity index (χ1) is 14.5. The molecule has 3 N–H and O–H groups in total. The number of thiophene rings is 1. The molecule has 0 saturated heterocycles. The number of nitrogens with two attached hydrogens (primary N) is 1. The van der Waals surface area contributed by atoms with Crippen LogP contribution in [0.3, 0.4) is 0 Å². The van der Waals surface area contributed by atoms with Gasteiger partial charge >= 0.3 is 5.69 Å². The minimum atomic E-state index is -0.628. The van der Waals surface area contributed by atoms with Crippen molar-refractivity contribution in [3.8, 4) is 21.6 Å². The lowest BCUT2D eigenvalue weighted by molar-refractivity contribution is 0.619. The second kappa shape index (κ2) is 7.00. The first-order valence-corrected chi connectivity index (χ1v) is 10.6. The van der Waals surface area contributed by atoms with Crippen LogP contribution in [0.15, 0.2) is 45.6 Å². The Morgan fingerprint density at radius 3 is 2.83 bits per heavy atom. The maximum atomic E-state index is 15.4. The van der Waals surface area contributed by atoms with E-state index in [2.05, 4.69) is 9.97 Å². The molecule has 8 heteroatoms. The molecule has 0 amide bonds. The van der Waals surface area contributed by atoms with Crippen LogP contribution in [0.25, 0.3) is 27.1 Å². The molecule has 0 radical (unpaired) electrons. The third kappa shape index (κ3) is 2.83. The van der Waals surface area contributed by atoms with E-state index in [0.29, 0.717) is 22.2 Å². The van der Waals surface area contributed by atoms with Crippen molar-refractivity contribution in [1.82, 2.24) is 14.4 Å². The number of aromatic nitrogens is 3. The average molecular weight is 422 g/mol. The molecule has 0 atom stereocenters. The Balaban J connectivity index is 1.84. The number of rotatable bonds is 4. The highest BCUT2D eigenvalue weighted by Crippen LogP contribution is 2.44. The van der Waals surface area contributed by atoms with E-state index in [1.807, 2.05) is 23.6 Å². The Kier molecular flexibility index (Phi) is 4.41. The molecule has 6 nitrogen and oxygen atoms in total. The Hall–Kier alpha value is -3.10. The highest BCUT2D eigenvalue weighted by atomic mass is 32.1. The van der Waals surface area contributed by atoms with Crippen LogP contribution < -0.4 is 17.0 Å². The van der Waals surface area contributed by atoms with Gasteiger partial charge in [-0.2, -0.15) is 0 Å². The smallest absolute Gasteiger partial charge is 0.325 e. The molecule has 30 heavy (non-hydrogen) atoms. The lowest BCUT2D eigenvalue weighted by atomic mass is 9.97. The molecule has 0 unspecified atom stereocenters. The summed E-state index contributed by atoms with van der Waals surface area (Å²) in [5.41, 5.74) is 9.32. The fourth-order valence-corrected chi connectivity index (χ4v) is 5.15. The fourth-order valence-electron chi connectivity index (χ4n) is 4.14. The number of aromatic amines is 1. The van der Waals surface area contributed by atoms with E-state index in [9.17, 15) is 9.59 Å². The molecule has 0 spiro atoms. The van der Waals surface area contributed by atoms with Crippen LogP contribution in [-0.2, 0) is 6.54 Å². The maximum absolute atomic E-state index is 15.4. The Morgan fingerprint density at radius 1 is 1.30 bits per heavy atom.